The lowest BCUT2D eigenvalue weighted by atomic mass is 10.0. The van der Waals surface area contributed by atoms with Gasteiger partial charge in [-0.15, -0.1) is 8.78 Å². The molecule has 6 nitrogen and oxygen atoms in total. The molecule has 0 saturated carbocycles. The lowest BCUT2D eigenvalue weighted by molar-refractivity contribution is -0.385. The Morgan fingerprint density at radius 2 is 1.96 bits per heavy atom. The number of hydrogen-bond donors (Lipinski definition) is 0. The highest BCUT2D eigenvalue weighted by Crippen LogP contribution is 2.50. The van der Waals surface area contributed by atoms with Gasteiger partial charge in [-0.3, -0.25) is 14.9 Å². The van der Waals surface area contributed by atoms with Crippen LogP contribution in [-0.4, -0.2) is 17.0 Å². The predicted octanol–water partition coefficient (Wildman–Crippen LogP) is 4.70. The highest BCUT2D eigenvalue weighted by molar-refractivity contribution is 9.10. The number of nitro groups is 1. The molecule has 0 aromatic heterocycles. The Bertz CT molecular complexity index is 937. The van der Waals surface area contributed by atoms with Gasteiger partial charge >= 0.3 is 6.29 Å². The molecule has 11 heteroatoms. The molecule has 2 aromatic carbocycles. The molecular formula is C14H4BrClF3NO5. The summed E-state index contributed by atoms with van der Waals surface area (Å²) in [5, 5.41) is 11.1. The summed E-state index contributed by atoms with van der Waals surface area (Å²) in [6.07, 6.45) is -4.04. The summed E-state index contributed by atoms with van der Waals surface area (Å²) in [5.41, 5.74) is -1.84. The summed E-state index contributed by atoms with van der Waals surface area (Å²) in [5.74, 6) is -3.07. The third-order valence-corrected chi connectivity index (χ3v) is 4.30. The van der Waals surface area contributed by atoms with Gasteiger partial charge < -0.3 is 9.47 Å². The highest BCUT2D eigenvalue weighted by atomic mass is 79.9. The Balaban J connectivity index is 2.24. The fraction of sp³-hybridized carbons (Fsp3) is 0.0714. The zero-order chi connectivity index (χ0) is 18.5. The molecule has 0 aliphatic carbocycles. The second-order valence-electron chi connectivity index (χ2n) is 4.79. The summed E-state index contributed by atoms with van der Waals surface area (Å²) >= 11 is 8.68. The lowest BCUT2D eigenvalue weighted by Crippen LogP contribution is -2.26. The van der Waals surface area contributed by atoms with Crippen LogP contribution in [0.3, 0.4) is 0 Å². The number of nitrogens with zero attached hydrogens (tertiary/aromatic N) is 1. The van der Waals surface area contributed by atoms with Crippen molar-refractivity contribution in [2.24, 2.45) is 0 Å². The van der Waals surface area contributed by atoms with Crippen LogP contribution in [0.1, 0.15) is 15.9 Å². The van der Waals surface area contributed by atoms with Gasteiger partial charge in [0.05, 0.1) is 20.5 Å². The Hall–Kier alpha value is -2.33. The van der Waals surface area contributed by atoms with Crippen LogP contribution in [0.5, 0.6) is 11.5 Å². The molecule has 0 fully saturated rings. The van der Waals surface area contributed by atoms with E-state index < -0.39 is 50.0 Å². The average molecular weight is 439 g/mol. The number of benzene rings is 2. The minimum absolute atomic E-state index is 0.171. The van der Waals surface area contributed by atoms with Crippen LogP contribution in [0.25, 0.3) is 0 Å². The number of ether oxygens (including phenoxy) is 2. The van der Waals surface area contributed by atoms with Gasteiger partial charge in [0.15, 0.2) is 11.5 Å². The van der Waals surface area contributed by atoms with Crippen LogP contribution in [0.15, 0.2) is 28.7 Å². The van der Waals surface area contributed by atoms with Crippen molar-refractivity contribution in [1.82, 2.24) is 0 Å². The predicted molar refractivity (Wildman–Crippen MR) is 81.8 cm³/mol. The van der Waals surface area contributed by atoms with Gasteiger partial charge in [0.1, 0.15) is 11.4 Å². The van der Waals surface area contributed by atoms with Crippen molar-refractivity contribution < 1.29 is 32.4 Å². The van der Waals surface area contributed by atoms with Crippen molar-refractivity contribution in [3.63, 3.8) is 0 Å². The third-order valence-electron chi connectivity index (χ3n) is 3.21. The normalized spacial score (nSPS) is 14.4. The molecule has 0 saturated heterocycles. The van der Waals surface area contributed by atoms with E-state index >= 15 is 0 Å². The molecule has 0 spiro atoms. The molecule has 1 aliphatic rings. The topological polar surface area (TPSA) is 78.7 Å². The van der Waals surface area contributed by atoms with Gasteiger partial charge in [-0.2, -0.15) is 0 Å². The highest BCUT2D eigenvalue weighted by Gasteiger charge is 2.47. The monoisotopic (exact) mass is 437 g/mol. The van der Waals surface area contributed by atoms with E-state index in [2.05, 4.69) is 25.4 Å². The summed E-state index contributed by atoms with van der Waals surface area (Å²) in [4.78, 5) is 23.0. The zero-order valence-electron chi connectivity index (χ0n) is 11.7. The Kier molecular flexibility index (Phi) is 4.12. The van der Waals surface area contributed by atoms with Gasteiger partial charge in [0.25, 0.3) is 5.69 Å². The number of hydrogen-bond acceptors (Lipinski definition) is 5. The maximum absolute atomic E-state index is 13.4. The van der Waals surface area contributed by atoms with E-state index in [9.17, 15) is 28.1 Å². The van der Waals surface area contributed by atoms with Crippen LogP contribution in [0.2, 0.25) is 5.02 Å². The van der Waals surface area contributed by atoms with Crippen molar-refractivity contribution in [3.05, 3.63) is 60.8 Å². The quantitative estimate of drug-likeness (QED) is 0.394. The van der Waals surface area contributed by atoms with Crippen LogP contribution >= 0.6 is 27.5 Å². The molecule has 1 aliphatic heterocycles. The van der Waals surface area contributed by atoms with Gasteiger partial charge in [-0.05, 0) is 34.1 Å². The summed E-state index contributed by atoms with van der Waals surface area (Å²) in [6, 6.07) is 3.48. The van der Waals surface area contributed by atoms with Crippen LogP contribution in [0, 0.1) is 15.9 Å². The van der Waals surface area contributed by atoms with E-state index in [1.165, 1.54) is 0 Å². The number of ketones is 1. The van der Waals surface area contributed by atoms with Gasteiger partial charge in [0, 0.05) is 5.56 Å². The summed E-state index contributed by atoms with van der Waals surface area (Å²) in [7, 11) is 0. The first-order chi connectivity index (χ1) is 11.6. The minimum atomic E-state index is -4.04. The largest absolute Gasteiger partial charge is 0.586 e. The van der Waals surface area contributed by atoms with Crippen LogP contribution < -0.4 is 9.47 Å². The van der Waals surface area contributed by atoms with E-state index in [1.807, 2.05) is 0 Å². The third kappa shape index (κ3) is 3.02. The van der Waals surface area contributed by atoms with E-state index in [0.29, 0.717) is 6.07 Å². The van der Waals surface area contributed by atoms with E-state index in [0.717, 1.165) is 18.2 Å². The summed E-state index contributed by atoms with van der Waals surface area (Å²) < 4.78 is 47.9. The first kappa shape index (κ1) is 17.5. The SMILES string of the molecule is O=C(c1cc(F)ccc1Cl)c1c([N+](=O)[O-])cc2c(c1Br)OC(F)(F)O2. The molecule has 3 rings (SSSR count). The zero-order valence-corrected chi connectivity index (χ0v) is 14.0. The first-order valence-electron chi connectivity index (χ1n) is 6.37. The molecule has 1 heterocycles. The van der Waals surface area contributed by atoms with Crippen molar-refractivity contribution in [1.29, 1.82) is 0 Å². The van der Waals surface area contributed by atoms with Crippen LogP contribution in [0.4, 0.5) is 18.9 Å². The second kappa shape index (κ2) is 5.88. The fourth-order valence-electron chi connectivity index (χ4n) is 2.20. The lowest BCUT2D eigenvalue weighted by Gasteiger charge is -2.09. The number of rotatable bonds is 3. The standard InChI is InChI=1S/C14H4BrClF3NO5/c15-11-10(12(21)6-3-5(17)1-2-7(6)16)8(20(22)23)4-9-13(11)25-14(18,19)24-9/h1-4H. The Morgan fingerprint density at radius 1 is 1.28 bits per heavy atom. The van der Waals surface area contributed by atoms with Crippen molar-refractivity contribution in [2.75, 3.05) is 0 Å². The maximum atomic E-state index is 13.4. The molecule has 0 N–H and O–H groups in total. The van der Waals surface area contributed by atoms with Crippen molar-refractivity contribution >= 4 is 39.0 Å². The molecule has 130 valence electrons. The second-order valence-corrected chi connectivity index (χ2v) is 5.99. The smallest absolute Gasteiger partial charge is 0.395 e. The van der Waals surface area contributed by atoms with Gasteiger partial charge in [0.2, 0.25) is 5.78 Å². The van der Waals surface area contributed by atoms with Gasteiger partial charge in [-0.1, -0.05) is 11.6 Å². The number of fused-ring (bicyclic) bond motifs is 1. The molecule has 2 aromatic rings. The van der Waals surface area contributed by atoms with E-state index in [-0.39, 0.29) is 10.6 Å². The fourth-order valence-corrected chi connectivity index (χ4v) is 3.06. The van der Waals surface area contributed by atoms with Gasteiger partial charge in [-0.25, -0.2) is 4.39 Å². The Morgan fingerprint density at radius 3 is 2.60 bits per heavy atom. The Labute approximate surface area is 150 Å². The minimum Gasteiger partial charge on any atom is -0.395 e. The molecular weight excluding hydrogens is 435 g/mol. The summed E-state index contributed by atoms with van der Waals surface area (Å²) in [6.45, 7) is 0. The maximum Gasteiger partial charge on any atom is 0.586 e. The molecule has 0 bridgehead atoms. The average Bonchev–Trinajstić information content (AvgIpc) is 2.83. The van der Waals surface area contributed by atoms with E-state index in [1.54, 1.807) is 0 Å². The molecule has 25 heavy (non-hydrogen) atoms. The number of carbonyl (C=O) groups excluding carboxylic acids is 1. The number of halogens is 5. The molecule has 0 radical (unpaired) electrons. The molecule has 0 atom stereocenters. The van der Waals surface area contributed by atoms with Crippen molar-refractivity contribution in [2.45, 2.75) is 6.29 Å². The number of carbonyl (C=O) groups is 1. The van der Waals surface area contributed by atoms with Crippen LogP contribution in [-0.2, 0) is 0 Å². The molecule has 0 amide bonds. The first-order valence-corrected chi connectivity index (χ1v) is 7.54. The number of nitro benzene ring substituents is 1. The molecule has 0 unspecified atom stereocenters. The number of alkyl halides is 2. The van der Waals surface area contributed by atoms with Crippen molar-refractivity contribution in [3.8, 4) is 11.5 Å². The van der Waals surface area contributed by atoms with E-state index in [4.69, 9.17) is 11.6 Å².